The number of amides is 2. The van der Waals surface area contributed by atoms with Gasteiger partial charge in [-0.25, -0.2) is 0 Å². The van der Waals surface area contributed by atoms with Crippen LogP contribution in [0.4, 0.5) is 5.69 Å². The van der Waals surface area contributed by atoms with Gasteiger partial charge in [-0.15, -0.1) is 0 Å². The van der Waals surface area contributed by atoms with Gasteiger partial charge in [0.2, 0.25) is 5.91 Å². The van der Waals surface area contributed by atoms with Crippen molar-refractivity contribution in [1.82, 2.24) is 10.2 Å². The Morgan fingerprint density at radius 3 is 2.44 bits per heavy atom. The van der Waals surface area contributed by atoms with E-state index in [9.17, 15) is 9.59 Å². The highest BCUT2D eigenvalue weighted by Crippen LogP contribution is 2.16. The number of piperidine rings is 1. The van der Waals surface area contributed by atoms with Crippen LogP contribution in [-0.2, 0) is 11.2 Å². The number of likely N-dealkylation sites (tertiary alicyclic amines) is 1. The van der Waals surface area contributed by atoms with Gasteiger partial charge in [0.25, 0.3) is 5.91 Å². The van der Waals surface area contributed by atoms with Crippen molar-refractivity contribution in [3.63, 3.8) is 0 Å². The third kappa shape index (κ3) is 4.88. The standard InChI is InChI=1S/C22H27N3O2/c1-16-6-2-4-8-19(16)22(27)24-18-12-14-25(15-13-18)21(26)11-10-17-7-3-5-9-20(17)23/h2-9,18H,10-15,23H2,1H3,(H,24,27). The zero-order valence-corrected chi connectivity index (χ0v) is 15.8. The van der Waals surface area contributed by atoms with Gasteiger partial charge in [0, 0.05) is 36.8 Å². The lowest BCUT2D eigenvalue weighted by Gasteiger charge is -2.32. The fourth-order valence-electron chi connectivity index (χ4n) is 3.53. The molecular formula is C22H27N3O2. The van der Waals surface area contributed by atoms with Gasteiger partial charge in [0.15, 0.2) is 0 Å². The van der Waals surface area contributed by atoms with Gasteiger partial charge in [-0.1, -0.05) is 36.4 Å². The van der Waals surface area contributed by atoms with Crippen LogP contribution < -0.4 is 11.1 Å². The summed E-state index contributed by atoms with van der Waals surface area (Å²) in [6.45, 7) is 3.30. The number of nitrogen functional groups attached to an aromatic ring is 1. The third-order valence-corrected chi connectivity index (χ3v) is 5.24. The lowest BCUT2D eigenvalue weighted by molar-refractivity contribution is -0.132. The number of hydrogen-bond donors (Lipinski definition) is 2. The number of aryl methyl sites for hydroxylation is 2. The summed E-state index contributed by atoms with van der Waals surface area (Å²) in [5, 5.41) is 3.11. The second-order valence-corrected chi connectivity index (χ2v) is 7.14. The Balaban J connectivity index is 1.46. The van der Waals surface area contributed by atoms with Crippen LogP contribution in [0.2, 0.25) is 0 Å². The molecule has 142 valence electrons. The Hall–Kier alpha value is -2.82. The van der Waals surface area contributed by atoms with Crippen LogP contribution >= 0.6 is 0 Å². The molecule has 27 heavy (non-hydrogen) atoms. The summed E-state index contributed by atoms with van der Waals surface area (Å²) in [6, 6.07) is 15.4. The number of carbonyl (C=O) groups is 2. The molecule has 0 spiro atoms. The summed E-state index contributed by atoms with van der Waals surface area (Å²) < 4.78 is 0. The molecule has 3 rings (SSSR count). The average Bonchev–Trinajstić information content (AvgIpc) is 2.68. The first-order valence-electron chi connectivity index (χ1n) is 9.52. The monoisotopic (exact) mass is 365 g/mol. The van der Waals surface area contributed by atoms with Crippen LogP contribution in [0.15, 0.2) is 48.5 Å². The van der Waals surface area contributed by atoms with Crippen molar-refractivity contribution in [1.29, 1.82) is 0 Å². The first kappa shape index (κ1) is 19.0. The molecule has 2 aromatic carbocycles. The molecule has 5 heteroatoms. The summed E-state index contributed by atoms with van der Waals surface area (Å²) in [6.07, 6.45) is 2.71. The molecule has 0 unspecified atom stereocenters. The quantitative estimate of drug-likeness (QED) is 0.800. The summed E-state index contributed by atoms with van der Waals surface area (Å²) >= 11 is 0. The molecule has 0 radical (unpaired) electrons. The average molecular weight is 365 g/mol. The minimum Gasteiger partial charge on any atom is -0.399 e. The Morgan fingerprint density at radius 1 is 1.07 bits per heavy atom. The van der Waals surface area contributed by atoms with Crippen LogP contribution in [0.25, 0.3) is 0 Å². The van der Waals surface area contributed by atoms with Crippen molar-refractivity contribution in [2.24, 2.45) is 0 Å². The van der Waals surface area contributed by atoms with Crippen molar-refractivity contribution < 1.29 is 9.59 Å². The zero-order chi connectivity index (χ0) is 19.2. The molecule has 2 amide bonds. The summed E-state index contributed by atoms with van der Waals surface area (Å²) in [4.78, 5) is 26.8. The van der Waals surface area contributed by atoms with Crippen molar-refractivity contribution in [2.75, 3.05) is 18.8 Å². The van der Waals surface area contributed by atoms with Crippen molar-refractivity contribution in [3.05, 3.63) is 65.2 Å². The number of nitrogens with zero attached hydrogens (tertiary/aromatic N) is 1. The predicted molar refractivity (Wildman–Crippen MR) is 107 cm³/mol. The van der Waals surface area contributed by atoms with Crippen molar-refractivity contribution in [3.8, 4) is 0 Å². The maximum Gasteiger partial charge on any atom is 0.251 e. The van der Waals surface area contributed by atoms with E-state index in [1.807, 2.05) is 60.4 Å². The van der Waals surface area contributed by atoms with Gasteiger partial charge in [-0.2, -0.15) is 0 Å². The van der Waals surface area contributed by atoms with E-state index < -0.39 is 0 Å². The molecule has 5 nitrogen and oxygen atoms in total. The normalized spacial score (nSPS) is 14.8. The Morgan fingerprint density at radius 2 is 1.74 bits per heavy atom. The molecule has 1 heterocycles. The van der Waals surface area contributed by atoms with Gasteiger partial charge in [-0.05, 0) is 49.4 Å². The van der Waals surface area contributed by atoms with E-state index in [4.69, 9.17) is 5.73 Å². The Bertz CT molecular complexity index is 811. The lowest BCUT2D eigenvalue weighted by atomic mass is 10.0. The number of rotatable bonds is 5. The minimum atomic E-state index is -0.0302. The van der Waals surface area contributed by atoms with E-state index in [1.54, 1.807) is 0 Å². The summed E-state index contributed by atoms with van der Waals surface area (Å²) in [7, 11) is 0. The van der Waals surface area contributed by atoms with Gasteiger partial charge in [0.1, 0.15) is 0 Å². The predicted octanol–water partition coefficient (Wildman–Crippen LogP) is 2.93. The van der Waals surface area contributed by atoms with E-state index in [-0.39, 0.29) is 17.9 Å². The van der Waals surface area contributed by atoms with E-state index in [1.165, 1.54) is 0 Å². The summed E-state index contributed by atoms with van der Waals surface area (Å²) in [5.74, 6) is 0.124. The number of hydrogen-bond acceptors (Lipinski definition) is 3. The summed E-state index contributed by atoms with van der Waals surface area (Å²) in [5.41, 5.74) is 9.40. The first-order chi connectivity index (χ1) is 13.0. The molecule has 2 aromatic rings. The maximum absolute atomic E-state index is 12.5. The highest BCUT2D eigenvalue weighted by molar-refractivity contribution is 5.95. The van der Waals surface area contributed by atoms with Gasteiger partial charge in [0.05, 0.1) is 0 Å². The second kappa shape index (κ2) is 8.71. The van der Waals surface area contributed by atoms with Gasteiger partial charge >= 0.3 is 0 Å². The first-order valence-corrected chi connectivity index (χ1v) is 9.52. The molecule has 0 bridgehead atoms. The van der Waals surface area contributed by atoms with Crippen LogP contribution in [0.1, 0.15) is 40.7 Å². The van der Waals surface area contributed by atoms with Crippen LogP contribution in [0, 0.1) is 6.92 Å². The molecule has 0 aromatic heterocycles. The largest absolute Gasteiger partial charge is 0.399 e. The van der Waals surface area contributed by atoms with Crippen LogP contribution in [0.5, 0.6) is 0 Å². The number of benzene rings is 2. The lowest BCUT2D eigenvalue weighted by Crippen LogP contribution is -2.46. The molecule has 0 saturated carbocycles. The smallest absolute Gasteiger partial charge is 0.251 e. The molecule has 1 aliphatic heterocycles. The molecular weight excluding hydrogens is 338 g/mol. The number of anilines is 1. The third-order valence-electron chi connectivity index (χ3n) is 5.24. The highest BCUT2D eigenvalue weighted by atomic mass is 16.2. The Labute approximate surface area is 160 Å². The second-order valence-electron chi connectivity index (χ2n) is 7.14. The fourth-order valence-corrected chi connectivity index (χ4v) is 3.53. The number of nitrogens with one attached hydrogen (secondary N) is 1. The highest BCUT2D eigenvalue weighted by Gasteiger charge is 2.24. The van der Waals surface area contributed by atoms with Gasteiger partial charge < -0.3 is 16.0 Å². The molecule has 0 aliphatic carbocycles. The van der Waals surface area contributed by atoms with Crippen LogP contribution in [0.3, 0.4) is 0 Å². The molecule has 3 N–H and O–H groups in total. The van der Waals surface area contributed by atoms with Crippen molar-refractivity contribution in [2.45, 2.75) is 38.6 Å². The number of nitrogens with two attached hydrogens (primary N) is 1. The SMILES string of the molecule is Cc1ccccc1C(=O)NC1CCN(C(=O)CCc2ccccc2N)CC1. The van der Waals surface area contributed by atoms with E-state index in [0.29, 0.717) is 25.9 Å². The number of para-hydroxylation sites is 1. The zero-order valence-electron chi connectivity index (χ0n) is 15.8. The molecule has 1 aliphatic rings. The fraction of sp³-hybridized carbons (Fsp3) is 0.364. The molecule has 0 atom stereocenters. The molecule has 1 saturated heterocycles. The van der Waals surface area contributed by atoms with E-state index >= 15 is 0 Å². The topological polar surface area (TPSA) is 75.4 Å². The number of carbonyl (C=O) groups excluding carboxylic acids is 2. The minimum absolute atomic E-state index is 0.0302. The van der Waals surface area contributed by atoms with Crippen molar-refractivity contribution >= 4 is 17.5 Å². The Kier molecular flexibility index (Phi) is 6.12. The molecule has 1 fully saturated rings. The van der Waals surface area contributed by atoms with E-state index in [2.05, 4.69) is 5.32 Å². The van der Waals surface area contributed by atoms with Gasteiger partial charge in [-0.3, -0.25) is 9.59 Å². The van der Waals surface area contributed by atoms with Crippen LogP contribution in [-0.4, -0.2) is 35.8 Å². The van der Waals surface area contributed by atoms with E-state index in [0.717, 1.165) is 35.2 Å². The maximum atomic E-state index is 12.5.